The molecule has 0 aliphatic heterocycles. The molecule has 1 unspecified atom stereocenters. The second-order valence-electron chi connectivity index (χ2n) is 4.70. The summed E-state index contributed by atoms with van der Waals surface area (Å²) in [7, 11) is 0. The summed E-state index contributed by atoms with van der Waals surface area (Å²) in [5, 5.41) is 3.16. The molecule has 2 nitrogen and oxygen atoms in total. The van der Waals surface area contributed by atoms with Gasteiger partial charge in [0.2, 0.25) is 0 Å². The molecule has 1 atom stereocenters. The Morgan fingerprint density at radius 3 is 2.12 bits per heavy atom. The lowest BCUT2D eigenvalue weighted by molar-refractivity contribution is -0.181. The number of nitrogens with one attached hydrogen (secondary N) is 1. The molecule has 0 saturated heterocycles. The van der Waals surface area contributed by atoms with Crippen molar-refractivity contribution in [3.05, 3.63) is 0 Å². The van der Waals surface area contributed by atoms with Gasteiger partial charge in [0.1, 0.15) is 6.61 Å². The molecule has 0 fully saturated rings. The topological polar surface area (TPSA) is 21.3 Å². The molecule has 0 radical (unpaired) electrons. The van der Waals surface area contributed by atoms with E-state index in [1.54, 1.807) is 0 Å². The molecule has 0 aliphatic carbocycles. The van der Waals surface area contributed by atoms with E-state index in [1.807, 2.05) is 27.7 Å². The maximum absolute atomic E-state index is 11.9. The van der Waals surface area contributed by atoms with Crippen molar-refractivity contribution >= 4 is 0 Å². The molecule has 16 heavy (non-hydrogen) atoms. The molecule has 0 aromatic heterocycles. The lowest BCUT2D eigenvalue weighted by Gasteiger charge is -2.33. The van der Waals surface area contributed by atoms with Crippen LogP contribution in [0.2, 0.25) is 0 Å². The Balaban J connectivity index is 4.12. The minimum absolute atomic E-state index is 0.122. The fraction of sp³-hybridized carbons (Fsp3) is 1.00. The standard InChI is InChI=1S/C11H22F3NO/c1-5-15-6-10(4,9(2)3)7-16-8-11(12,13)14/h9,15H,5-8H2,1-4H3. The number of ether oxygens (including phenoxy) is 1. The molecular formula is C11H22F3NO. The Bertz CT molecular complexity index is 194. The molecule has 0 aliphatic rings. The van der Waals surface area contributed by atoms with Crippen molar-refractivity contribution in [3.8, 4) is 0 Å². The van der Waals surface area contributed by atoms with Crippen LogP contribution in [-0.4, -0.2) is 32.5 Å². The lowest BCUT2D eigenvalue weighted by atomic mass is 9.80. The normalized spacial score (nSPS) is 16.5. The van der Waals surface area contributed by atoms with E-state index in [0.29, 0.717) is 6.54 Å². The quantitative estimate of drug-likeness (QED) is 0.740. The van der Waals surface area contributed by atoms with Gasteiger partial charge < -0.3 is 10.1 Å². The van der Waals surface area contributed by atoms with E-state index in [-0.39, 0.29) is 17.9 Å². The smallest absolute Gasteiger partial charge is 0.371 e. The van der Waals surface area contributed by atoms with Crippen LogP contribution in [0, 0.1) is 11.3 Å². The summed E-state index contributed by atoms with van der Waals surface area (Å²) in [5.41, 5.74) is -0.263. The Kier molecular flexibility index (Phi) is 6.33. The van der Waals surface area contributed by atoms with Gasteiger partial charge in [-0.3, -0.25) is 0 Å². The van der Waals surface area contributed by atoms with Crippen molar-refractivity contribution in [2.45, 2.75) is 33.9 Å². The molecular weight excluding hydrogens is 219 g/mol. The first-order valence-electron chi connectivity index (χ1n) is 5.56. The second kappa shape index (κ2) is 6.45. The Morgan fingerprint density at radius 1 is 1.19 bits per heavy atom. The van der Waals surface area contributed by atoms with Crippen LogP contribution in [0.25, 0.3) is 0 Å². The van der Waals surface area contributed by atoms with Crippen molar-refractivity contribution < 1.29 is 17.9 Å². The number of hydrogen-bond acceptors (Lipinski definition) is 2. The van der Waals surface area contributed by atoms with E-state index in [9.17, 15) is 13.2 Å². The van der Waals surface area contributed by atoms with E-state index < -0.39 is 12.8 Å². The first-order valence-corrected chi connectivity index (χ1v) is 5.56. The molecule has 0 heterocycles. The zero-order chi connectivity index (χ0) is 12.8. The highest BCUT2D eigenvalue weighted by molar-refractivity contribution is 4.80. The fourth-order valence-corrected chi connectivity index (χ4v) is 1.23. The van der Waals surface area contributed by atoms with Crippen molar-refractivity contribution in [2.75, 3.05) is 26.3 Å². The number of alkyl halides is 3. The van der Waals surface area contributed by atoms with E-state index in [4.69, 9.17) is 4.74 Å². The van der Waals surface area contributed by atoms with Crippen LogP contribution < -0.4 is 5.32 Å². The van der Waals surface area contributed by atoms with Crippen LogP contribution in [0.3, 0.4) is 0 Å². The van der Waals surface area contributed by atoms with Gasteiger partial charge in [-0.25, -0.2) is 0 Å². The monoisotopic (exact) mass is 241 g/mol. The van der Waals surface area contributed by atoms with Gasteiger partial charge in [0.05, 0.1) is 6.61 Å². The Labute approximate surface area is 95.5 Å². The maximum atomic E-state index is 11.9. The highest BCUT2D eigenvalue weighted by atomic mass is 19.4. The van der Waals surface area contributed by atoms with E-state index in [1.165, 1.54) is 0 Å². The predicted molar refractivity (Wildman–Crippen MR) is 58.4 cm³/mol. The molecule has 0 rings (SSSR count). The summed E-state index contributed by atoms with van der Waals surface area (Å²) in [6.07, 6.45) is -4.24. The van der Waals surface area contributed by atoms with Crippen molar-refractivity contribution in [1.29, 1.82) is 0 Å². The fourth-order valence-electron chi connectivity index (χ4n) is 1.23. The molecule has 5 heteroatoms. The van der Waals surface area contributed by atoms with Gasteiger partial charge in [0, 0.05) is 12.0 Å². The number of halogens is 3. The zero-order valence-electron chi connectivity index (χ0n) is 10.4. The largest absolute Gasteiger partial charge is 0.411 e. The average molecular weight is 241 g/mol. The summed E-state index contributed by atoms with van der Waals surface area (Å²) in [5.74, 6) is 0.264. The third-order valence-corrected chi connectivity index (χ3v) is 2.87. The lowest BCUT2D eigenvalue weighted by Crippen LogP contribution is -2.40. The minimum atomic E-state index is -4.24. The Morgan fingerprint density at radius 2 is 1.75 bits per heavy atom. The van der Waals surface area contributed by atoms with Crippen molar-refractivity contribution in [1.82, 2.24) is 5.32 Å². The third-order valence-electron chi connectivity index (χ3n) is 2.87. The van der Waals surface area contributed by atoms with Crippen molar-refractivity contribution in [3.63, 3.8) is 0 Å². The molecule has 0 aromatic rings. The number of rotatable bonds is 7. The van der Waals surface area contributed by atoms with E-state index >= 15 is 0 Å². The summed E-state index contributed by atoms with van der Waals surface area (Å²) in [4.78, 5) is 0. The Hall–Kier alpha value is -0.290. The van der Waals surface area contributed by atoms with Crippen LogP contribution in [0.5, 0.6) is 0 Å². The summed E-state index contributed by atoms with van der Waals surface area (Å²) >= 11 is 0. The third kappa shape index (κ3) is 6.33. The molecule has 0 spiro atoms. The van der Waals surface area contributed by atoms with Crippen LogP contribution in [0.1, 0.15) is 27.7 Å². The van der Waals surface area contributed by atoms with Crippen molar-refractivity contribution in [2.24, 2.45) is 11.3 Å². The molecule has 0 aromatic carbocycles. The highest BCUT2D eigenvalue weighted by Gasteiger charge is 2.32. The summed E-state index contributed by atoms with van der Waals surface area (Å²) in [6, 6.07) is 0. The molecule has 0 amide bonds. The highest BCUT2D eigenvalue weighted by Crippen LogP contribution is 2.27. The molecule has 0 saturated carbocycles. The molecule has 98 valence electrons. The van der Waals surface area contributed by atoms with Gasteiger partial charge in [0.25, 0.3) is 0 Å². The zero-order valence-corrected chi connectivity index (χ0v) is 10.4. The van der Waals surface area contributed by atoms with Gasteiger partial charge in [-0.15, -0.1) is 0 Å². The van der Waals surface area contributed by atoms with Crippen LogP contribution in [0.4, 0.5) is 13.2 Å². The van der Waals surface area contributed by atoms with Gasteiger partial charge in [0.15, 0.2) is 0 Å². The van der Waals surface area contributed by atoms with Crippen LogP contribution in [-0.2, 0) is 4.74 Å². The van der Waals surface area contributed by atoms with Gasteiger partial charge in [-0.05, 0) is 12.5 Å². The minimum Gasteiger partial charge on any atom is -0.371 e. The van der Waals surface area contributed by atoms with E-state index in [0.717, 1.165) is 6.54 Å². The maximum Gasteiger partial charge on any atom is 0.411 e. The van der Waals surface area contributed by atoms with E-state index in [2.05, 4.69) is 5.32 Å². The first kappa shape index (κ1) is 15.7. The molecule has 1 N–H and O–H groups in total. The first-order chi connectivity index (χ1) is 7.21. The molecule has 0 bridgehead atoms. The van der Waals surface area contributed by atoms with Crippen LogP contribution in [0.15, 0.2) is 0 Å². The van der Waals surface area contributed by atoms with Gasteiger partial charge >= 0.3 is 6.18 Å². The van der Waals surface area contributed by atoms with Gasteiger partial charge in [-0.2, -0.15) is 13.2 Å². The van der Waals surface area contributed by atoms with Gasteiger partial charge in [-0.1, -0.05) is 27.7 Å². The summed E-state index contributed by atoms with van der Waals surface area (Å²) in [6.45, 7) is 8.33. The average Bonchev–Trinajstić information content (AvgIpc) is 2.12. The SMILES string of the molecule is CCNCC(C)(COCC(F)(F)F)C(C)C. The second-order valence-corrected chi connectivity index (χ2v) is 4.70. The predicted octanol–water partition coefficient (Wildman–Crippen LogP) is 2.84. The summed E-state index contributed by atoms with van der Waals surface area (Å²) < 4.78 is 40.6. The van der Waals surface area contributed by atoms with Crippen LogP contribution >= 0.6 is 0 Å². The number of hydrogen-bond donors (Lipinski definition) is 1.